The third kappa shape index (κ3) is 3.95. The molecule has 0 aliphatic rings. The van der Waals surface area contributed by atoms with E-state index in [1.807, 2.05) is 0 Å². The Labute approximate surface area is 138 Å². The van der Waals surface area contributed by atoms with E-state index in [1.54, 1.807) is 0 Å². The van der Waals surface area contributed by atoms with Gasteiger partial charge in [-0.1, -0.05) is 75.5 Å². The van der Waals surface area contributed by atoms with Gasteiger partial charge in [-0.3, -0.25) is 0 Å². The average Bonchev–Trinajstić information content (AvgIpc) is 2.47. The Morgan fingerprint density at radius 2 is 1.75 bits per heavy atom. The van der Waals surface area contributed by atoms with E-state index in [0.717, 1.165) is 4.47 Å². The van der Waals surface area contributed by atoms with Crippen molar-refractivity contribution in [3.63, 3.8) is 0 Å². The highest BCUT2D eigenvalue weighted by molar-refractivity contribution is 9.10. The van der Waals surface area contributed by atoms with Crippen molar-refractivity contribution in [1.29, 1.82) is 0 Å². The lowest BCUT2D eigenvalue weighted by atomic mass is 9.99. The van der Waals surface area contributed by atoms with Crippen molar-refractivity contribution in [3.05, 3.63) is 69.2 Å². The second kappa shape index (κ2) is 7.42. The van der Waals surface area contributed by atoms with Crippen LogP contribution in [-0.2, 0) is 6.42 Å². The van der Waals surface area contributed by atoms with Crippen LogP contribution in [0.2, 0.25) is 0 Å². The number of benzene rings is 2. The Kier molecular flexibility index (Phi) is 5.86. The van der Waals surface area contributed by atoms with Crippen LogP contribution in [0.15, 0.2) is 46.9 Å². The molecule has 0 aromatic heterocycles. The predicted molar refractivity (Wildman–Crippen MR) is 94.7 cm³/mol. The number of aryl methyl sites for hydroxylation is 2. The first-order valence-corrected chi connectivity index (χ1v) is 8.81. The van der Waals surface area contributed by atoms with Gasteiger partial charge in [0.15, 0.2) is 0 Å². The molecule has 2 heteroatoms. The number of rotatable bonds is 5. The van der Waals surface area contributed by atoms with Gasteiger partial charge in [0.05, 0.1) is 4.83 Å². The zero-order valence-electron chi connectivity index (χ0n) is 12.0. The Morgan fingerprint density at radius 1 is 1.05 bits per heavy atom. The van der Waals surface area contributed by atoms with Gasteiger partial charge < -0.3 is 0 Å². The number of unbranched alkanes of at least 4 members (excludes halogenated alkanes) is 1. The van der Waals surface area contributed by atoms with E-state index in [0.29, 0.717) is 0 Å². The third-order valence-electron chi connectivity index (χ3n) is 3.61. The summed E-state index contributed by atoms with van der Waals surface area (Å²) in [4.78, 5) is 0.250. The lowest BCUT2D eigenvalue weighted by Gasteiger charge is -2.14. The van der Waals surface area contributed by atoms with Crippen molar-refractivity contribution in [1.82, 2.24) is 0 Å². The molecular formula is C18H20Br2. The molecular weight excluding hydrogens is 376 g/mol. The molecule has 0 fully saturated rings. The second-order valence-corrected chi connectivity index (χ2v) is 7.04. The molecule has 0 radical (unpaired) electrons. The monoisotopic (exact) mass is 394 g/mol. The molecule has 2 aromatic carbocycles. The molecule has 0 amide bonds. The lowest BCUT2D eigenvalue weighted by molar-refractivity contribution is 0.795. The van der Waals surface area contributed by atoms with Gasteiger partial charge in [0, 0.05) is 4.47 Å². The minimum atomic E-state index is 0.250. The number of hydrogen-bond donors (Lipinski definition) is 0. The fraction of sp³-hybridized carbons (Fsp3) is 0.333. The summed E-state index contributed by atoms with van der Waals surface area (Å²) >= 11 is 7.39. The number of halogens is 2. The highest BCUT2D eigenvalue weighted by atomic mass is 79.9. The van der Waals surface area contributed by atoms with Crippen molar-refractivity contribution < 1.29 is 0 Å². The zero-order chi connectivity index (χ0) is 14.5. The highest BCUT2D eigenvalue weighted by Crippen LogP contribution is 2.34. The first-order chi connectivity index (χ1) is 9.61. The summed E-state index contributed by atoms with van der Waals surface area (Å²) in [6.07, 6.45) is 3.70. The topological polar surface area (TPSA) is 0 Å². The fourth-order valence-corrected chi connectivity index (χ4v) is 3.48. The molecule has 0 heterocycles. The minimum absolute atomic E-state index is 0.250. The van der Waals surface area contributed by atoms with Crippen molar-refractivity contribution in [2.75, 3.05) is 0 Å². The van der Waals surface area contributed by atoms with E-state index < -0.39 is 0 Å². The van der Waals surface area contributed by atoms with Crippen LogP contribution in [0.3, 0.4) is 0 Å². The molecule has 0 nitrogen and oxygen atoms in total. The first-order valence-electron chi connectivity index (χ1n) is 7.10. The quantitative estimate of drug-likeness (QED) is 0.501. The number of alkyl halides is 1. The van der Waals surface area contributed by atoms with Gasteiger partial charge in [0.1, 0.15) is 0 Å². The highest BCUT2D eigenvalue weighted by Gasteiger charge is 2.13. The van der Waals surface area contributed by atoms with Gasteiger partial charge >= 0.3 is 0 Å². The summed E-state index contributed by atoms with van der Waals surface area (Å²) in [5, 5.41) is 0. The van der Waals surface area contributed by atoms with E-state index in [4.69, 9.17) is 0 Å². The van der Waals surface area contributed by atoms with Crippen molar-refractivity contribution in [2.24, 2.45) is 0 Å². The maximum Gasteiger partial charge on any atom is 0.0647 e. The van der Waals surface area contributed by atoms with Crippen LogP contribution in [0.1, 0.15) is 46.8 Å². The van der Waals surface area contributed by atoms with E-state index in [2.05, 4.69) is 88.2 Å². The van der Waals surface area contributed by atoms with Gasteiger partial charge in [-0.15, -0.1) is 0 Å². The van der Waals surface area contributed by atoms with Crippen molar-refractivity contribution in [3.8, 4) is 0 Å². The van der Waals surface area contributed by atoms with E-state index in [1.165, 1.54) is 41.5 Å². The maximum absolute atomic E-state index is 3.84. The summed E-state index contributed by atoms with van der Waals surface area (Å²) in [6.45, 7) is 4.39. The van der Waals surface area contributed by atoms with E-state index in [-0.39, 0.29) is 4.83 Å². The average molecular weight is 396 g/mol. The normalized spacial score (nSPS) is 12.4. The lowest BCUT2D eigenvalue weighted by Crippen LogP contribution is -1.96. The third-order valence-corrected chi connectivity index (χ3v) is 5.12. The standard InChI is InChI=1S/C18H20Br2/c1-3-4-5-14-7-9-15(10-8-14)18(20)17-12-16(19)11-6-13(17)2/h6-12,18H,3-5H2,1-2H3. The summed E-state index contributed by atoms with van der Waals surface area (Å²) in [7, 11) is 0. The van der Waals surface area contributed by atoms with Gasteiger partial charge in [-0.05, 0) is 54.2 Å². The molecule has 0 saturated heterocycles. The van der Waals surface area contributed by atoms with E-state index in [9.17, 15) is 0 Å². The molecule has 20 heavy (non-hydrogen) atoms. The maximum atomic E-state index is 3.84. The molecule has 0 spiro atoms. The van der Waals surface area contributed by atoms with Gasteiger partial charge in [0.25, 0.3) is 0 Å². The van der Waals surface area contributed by atoms with Crippen molar-refractivity contribution >= 4 is 31.9 Å². The van der Waals surface area contributed by atoms with Crippen LogP contribution in [0.4, 0.5) is 0 Å². The van der Waals surface area contributed by atoms with Crippen LogP contribution in [0.5, 0.6) is 0 Å². The van der Waals surface area contributed by atoms with Crippen LogP contribution >= 0.6 is 31.9 Å². The van der Waals surface area contributed by atoms with Crippen LogP contribution in [-0.4, -0.2) is 0 Å². The van der Waals surface area contributed by atoms with Crippen LogP contribution in [0.25, 0.3) is 0 Å². The summed E-state index contributed by atoms with van der Waals surface area (Å²) in [5.74, 6) is 0. The van der Waals surface area contributed by atoms with Crippen LogP contribution < -0.4 is 0 Å². The van der Waals surface area contributed by atoms with Gasteiger partial charge in [-0.2, -0.15) is 0 Å². The zero-order valence-corrected chi connectivity index (χ0v) is 15.2. The second-order valence-electron chi connectivity index (χ2n) is 5.21. The largest absolute Gasteiger partial charge is 0.0786 e. The molecule has 1 unspecified atom stereocenters. The van der Waals surface area contributed by atoms with Crippen LogP contribution in [0, 0.1) is 6.92 Å². The smallest absolute Gasteiger partial charge is 0.0647 e. The van der Waals surface area contributed by atoms with Crippen molar-refractivity contribution in [2.45, 2.75) is 37.9 Å². The Bertz CT molecular complexity index is 558. The Balaban J connectivity index is 2.20. The molecule has 0 aliphatic carbocycles. The first kappa shape index (κ1) is 15.8. The number of hydrogen-bond acceptors (Lipinski definition) is 0. The molecule has 0 N–H and O–H groups in total. The summed E-state index contributed by atoms with van der Waals surface area (Å²) < 4.78 is 1.13. The Morgan fingerprint density at radius 3 is 2.40 bits per heavy atom. The molecule has 0 aliphatic heterocycles. The molecule has 106 valence electrons. The van der Waals surface area contributed by atoms with Gasteiger partial charge in [-0.25, -0.2) is 0 Å². The molecule has 1 atom stereocenters. The predicted octanol–water partition coefficient (Wildman–Crippen LogP) is 6.58. The van der Waals surface area contributed by atoms with Gasteiger partial charge in [0.2, 0.25) is 0 Å². The summed E-state index contributed by atoms with van der Waals surface area (Å²) in [6, 6.07) is 15.4. The minimum Gasteiger partial charge on any atom is -0.0786 e. The molecule has 2 aromatic rings. The fourth-order valence-electron chi connectivity index (χ4n) is 2.30. The summed E-state index contributed by atoms with van der Waals surface area (Å²) in [5.41, 5.74) is 5.37. The SMILES string of the molecule is CCCCc1ccc(C(Br)c2cc(Br)ccc2C)cc1. The molecule has 2 rings (SSSR count). The molecule has 0 saturated carbocycles. The molecule has 0 bridgehead atoms. The Hall–Kier alpha value is -0.600. The van der Waals surface area contributed by atoms with E-state index >= 15 is 0 Å².